The number of carbonyl (C=O) groups is 1. The summed E-state index contributed by atoms with van der Waals surface area (Å²) < 4.78 is 0. The maximum atomic E-state index is 13.0. The molecule has 0 spiro atoms. The molecule has 0 N–H and O–H groups in total. The minimum Gasteiger partial charge on any atom is -0.338 e. The van der Waals surface area contributed by atoms with Crippen molar-refractivity contribution in [1.29, 1.82) is 0 Å². The fourth-order valence-corrected chi connectivity index (χ4v) is 4.90. The van der Waals surface area contributed by atoms with Gasteiger partial charge >= 0.3 is 0 Å². The van der Waals surface area contributed by atoms with Crippen molar-refractivity contribution in [3.05, 3.63) is 28.5 Å². The van der Waals surface area contributed by atoms with E-state index in [0.717, 1.165) is 56.2 Å². The molecule has 1 aromatic heterocycles. The highest BCUT2D eigenvalue weighted by Crippen LogP contribution is 2.27. The summed E-state index contributed by atoms with van der Waals surface area (Å²) in [5.74, 6) is 0.518. The minimum atomic E-state index is 0.186. The Morgan fingerprint density at radius 3 is 2.58 bits per heavy atom. The number of carbonyl (C=O) groups excluding carboxylic acids is 1. The Hall–Kier alpha value is -1.17. The molecule has 0 saturated carbocycles. The largest absolute Gasteiger partial charge is 0.338 e. The highest BCUT2D eigenvalue weighted by molar-refractivity contribution is 6.30. The fourth-order valence-electron chi connectivity index (χ4n) is 4.72. The quantitative estimate of drug-likeness (QED) is 0.794. The number of rotatable bonds is 2. The molecular weight excluding hydrogens is 348 g/mol. The van der Waals surface area contributed by atoms with Gasteiger partial charge in [-0.15, -0.1) is 0 Å². The third-order valence-electron chi connectivity index (χ3n) is 6.40. The molecule has 0 aliphatic carbocycles. The van der Waals surface area contributed by atoms with Crippen LogP contribution in [0.2, 0.25) is 5.02 Å². The van der Waals surface area contributed by atoms with Crippen molar-refractivity contribution >= 4 is 17.5 Å². The summed E-state index contributed by atoms with van der Waals surface area (Å²) in [6, 6.07) is 2.68. The Labute approximate surface area is 161 Å². The second-order valence-electron chi connectivity index (χ2n) is 8.11. The van der Waals surface area contributed by atoms with Gasteiger partial charge in [-0.1, -0.05) is 11.6 Å². The van der Waals surface area contributed by atoms with Crippen LogP contribution in [-0.2, 0) is 17.8 Å². The van der Waals surface area contributed by atoms with Gasteiger partial charge in [-0.2, -0.15) is 0 Å². The van der Waals surface area contributed by atoms with Gasteiger partial charge in [-0.05, 0) is 70.5 Å². The number of likely N-dealkylation sites (tertiary alicyclic amines) is 2. The molecule has 2 fully saturated rings. The van der Waals surface area contributed by atoms with Crippen LogP contribution in [0.3, 0.4) is 0 Å². The van der Waals surface area contributed by atoms with Gasteiger partial charge in [-0.3, -0.25) is 9.78 Å². The summed E-state index contributed by atoms with van der Waals surface area (Å²) >= 11 is 6.08. The van der Waals surface area contributed by atoms with Crippen LogP contribution in [0.5, 0.6) is 0 Å². The van der Waals surface area contributed by atoms with Gasteiger partial charge in [0, 0.05) is 43.4 Å². The fraction of sp³-hybridized carbons (Fsp3) is 0.700. The topological polar surface area (TPSA) is 39.7 Å². The van der Waals surface area contributed by atoms with Crippen LogP contribution in [0.25, 0.3) is 0 Å². The maximum Gasteiger partial charge on any atom is 0.226 e. The van der Waals surface area contributed by atoms with Crippen LogP contribution >= 0.6 is 11.6 Å². The van der Waals surface area contributed by atoms with Gasteiger partial charge in [0.2, 0.25) is 5.91 Å². The third kappa shape index (κ3) is 3.90. The number of amides is 1. The van der Waals surface area contributed by atoms with Crippen LogP contribution in [0.1, 0.15) is 36.9 Å². The molecule has 0 unspecified atom stereocenters. The number of aromatic nitrogens is 1. The Morgan fingerprint density at radius 2 is 1.85 bits per heavy atom. The molecule has 0 radical (unpaired) electrons. The Balaban J connectivity index is 1.31. The van der Waals surface area contributed by atoms with E-state index < -0.39 is 0 Å². The van der Waals surface area contributed by atoms with Gasteiger partial charge in [0.25, 0.3) is 0 Å². The number of hydrogen-bond acceptors (Lipinski definition) is 4. The number of nitrogens with zero attached hydrogens (tertiary/aromatic N) is 4. The van der Waals surface area contributed by atoms with Crippen LogP contribution in [0.4, 0.5) is 0 Å². The molecule has 0 atom stereocenters. The van der Waals surface area contributed by atoms with Crippen molar-refractivity contribution in [2.24, 2.45) is 5.92 Å². The lowest BCUT2D eigenvalue weighted by Crippen LogP contribution is -2.49. The number of halogens is 1. The SMILES string of the molecule is CN1CCC(N2CCC(C(=O)N3CCc4ncc(Cl)cc4C3)CC2)CC1. The summed E-state index contributed by atoms with van der Waals surface area (Å²) in [4.78, 5) is 24.5. The van der Waals surface area contributed by atoms with E-state index in [1.807, 2.05) is 11.0 Å². The third-order valence-corrected chi connectivity index (χ3v) is 6.61. The van der Waals surface area contributed by atoms with E-state index in [4.69, 9.17) is 11.6 Å². The second-order valence-corrected chi connectivity index (χ2v) is 8.55. The summed E-state index contributed by atoms with van der Waals surface area (Å²) in [5.41, 5.74) is 2.20. The van der Waals surface area contributed by atoms with Crippen molar-refractivity contribution in [2.45, 2.75) is 44.7 Å². The number of hydrogen-bond donors (Lipinski definition) is 0. The molecule has 4 rings (SSSR count). The summed E-state index contributed by atoms with van der Waals surface area (Å²) in [5, 5.41) is 0.657. The Kier molecular flexibility index (Phi) is 5.48. The van der Waals surface area contributed by atoms with E-state index in [1.54, 1.807) is 6.20 Å². The Bertz CT molecular complexity index is 651. The maximum absolute atomic E-state index is 13.0. The lowest BCUT2D eigenvalue weighted by molar-refractivity contribution is -0.138. The van der Waals surface area contributed by atoms with E-state index in [-0.39, 0.29) is 5.92 Å². The molecule has 3 aliphatic rings. The first-order valence-electron chi connectivity index (χ1n) is 9.95. The van der Waals surface area contributed by atoms with E-state index >= 15 is 0 Å². The zero-order valence-electron chi connectivity index (χ0n) is 15.7. The standard InChI is InChI=1S/C20H29ClN4O/c1-23-7-4-18(5-8-23)24-9-2-15(3-10-24)20(26)25-11-6-19-16(14-25)12-17(21)13-22-19/h12-13,15,18H,2-11,14H2,1H3. The first-order valence-corrected chi connectivity index (χ1v) is 10.3. The predicted octanol–water partition coefficient (Wildman–Crippen LogP) is 2.43. The van der Waals surface area contributed by atoms with Gasteiger partial charge in [0.1, 0.15) is 0 Å². The molecule has 5 nitrogen and oxygen atoms in total. The zero-order valence-corrected chi connectivity index (χ0v) is 16.4. The molecule has 142 valence electrons. The van der Waals surface area contributed by atoms with E-state index in [1.165, 1.54) is 25.9 Å². The van der Waals surface area contributed by atoms with Crippen molar-refractivity contribution < 1.29 is 4.79 Å². The molecule has 0 bridgehead atoms. The molecule has 6 heteroatoms. The van der Waals surface area contributed by atoms with Crippen molar-refractivity contribution in [3.63, 3.8) is 0 Å². The molecule has 2 saturated heterocycles. The van der Waals surface area contributed by atoms with Crippen LogP contribution < -0.4 is 0 Å². The Morgan fingerprint density at radius 1 is 1.12 bits per heavy atom. The van der Waals surface area contributed by atoms with Crippen LogP contribution in [0.15, 0.2) is 12.3 Å². The van der Waals surface area contributed by atoms with E-state index in [9.17, 15) is 4.79 Å². The highest BCUT2D eigenvalue weighted by atomic mass is 35.5. The molecule has 1 aromatic rings. The van der Waals surface area contributed by atoms with Crippen molar-refractivity contribution in [1.82, 2.24) is 19.7 Å². The average Bonchev–Trinajstić information content (AvgIpc) is 2.67. The van der Waals surface area contributed by atoms with Crippen LogP contribution in [-0.4, -0.2) is 71.4 Å². The molecule has 1 amide bonds. The summed E-state index contributed by atoms with van der Waals surface area (Å²) in [7, 11) is 2.21. The van der Waals surface area contributed by atoms with Crippen LogP contribution in [0, 0.1) is 5.92 Å². The molecule has 0 aromatic carbocycles. The molecule has 3 aliphatic heterocycles. The molecule has 4 heterocycles. The minimum absolute atomic E-state index is 0.186. The molecule has 26 heavy (non-hydrogen) atoms. The average molecular weight is 377 g/mol. The van der Waals surface area contributed by atoms with Crippen molar-refractivity contribution in [2.75, 3.05) is 39.8 Å². The summed E-state index contributed by atoms with van der Waals surface area (Å²) in [6.07, 6.45) is 7.09. The second kappa shape index (κ2) is 7.83. The van der Waals surface area contributed by atoms with E-state index in [2.05, 4.69) is 21.8 Å². The van der Waals surface area contributed by atoms with Gasteiger partial charge in [-0.25, -0.2) is 0 Å². The van der Waals surface area contributed by atoms with E-state index in [0.29, 0.717) is 17.5 Å². The zero-order chi connectivity index (χ0) is 18.1. The lowest BCUT2D eigenvalue weighted by Gasteiger charge is -2.41. The first kappa shape index (κ1) is 18.2. The monoisotopic (exact) mass is 376 g/mol. The summed E-state index contributed by atoms with van der Waals surface area (Å²) in [6.45, 7) is 6.00. The number of fused-ring (bicyclic) bond motifs is 1. The smallest absolute Gasteiger partial charge is 0.226 e. The lowest BCUT2D eigenvalue weighted by atomic mass is 9.91. The molecular formula is C20H29ClN4O. The highest BCUT2D eigenvalue weighted by Gasteiger charge is 2.33. The first-order chi connectivity index (χ1) is 12.6. The van der Waals surface area contributed by atoms with Gasteiger partial charge in [0.05, 0.1) is 5.02 Å². The van der Waals surface area contributed by atoms with Gasteiger partial charge in [0.15, 0.2) is 0 Å². The number of piperidine rings is 2. The number of pyridine rings is 1. The predicted molar refractivity (Wildman–Crippen MR) is 103 cm³/mol. The van der Waals surface area contributed by atoms with Gasteiger partial charge < -0.3 is 14.7 Å². The normalized spacial score (nSPS) is 23.8. The van der Waals surface area contributed by atoms with Crippen molar-refractivity contribution in [3.8, 4) is 0 Å².